The van der Waals surface area contributed by atoms with Gasteiger partial charge in [-0.05, 0) is 38.2 Å². The van der Waals surface area contributed by atoms with Crippen molar-refractivity contribution in [3.05, 3.63) is 35.4 Å². The van der Waals surface area contributed by atoms with Gasteiger partial charge in [0.2, 0.25) is 11.8 Å². The number of carbonyl (C=O) groups is 2. The van der Waals surface area contributed by atoms with E-state index in [9.17, 15) is 9.59 Å². The van der Waals surface area contributed by atoms with Crippen LogP contribution in [0.1, 0.15) is 55.7 Å². The highest BCUT2D eigenvalue weighted by molar-refractivity contribution is 5.83. The van der Waals surface area contributed by atoms with Gasteiger partial charge >= 0.3 is 0 Å². The first-order valence-corrected chi connectivity index (χ1v) is 10.9. The van der Waals surface area contributed by atoms with Crippen molar-refractivity contribution in [1.29, 1.82) is 0 Å². The number of ether oxygens (including phenoxy) is 1. The average molecular weight is 385 g/mol. The predicted molar refractivity (Wildman–Crippen MR) is 108 cm³/mol. The monoisotopic (exact) mass is 384 g/mol. The smallest absolute Gasteiger partial charge is 0.227 e. The fourth-order valence-corrected chi connectivity index (χ4v) is 5.09. The third kappa shape index (κ3) is 4.09. The van der Waals surface area contributed by atoms with E-state index in [1.807, 2.05) is 4.90 Å². The molecule has 0 N–H and O–H groups in total. The van der Waals surface area contributed by atoms with Crippen LogP contribution < -0.4 is 0 Å². The van der Waals surface area contributed by atoms with Crippen LogP contribution >= 0.6 is 0 Å². The molecular formula is C23H32N2O3. The summed E-state index contributed by atoms with van der Waals surface area (Å²) in [5.41, 5.74) is 2.43. The summed E-state index contributed by atoms with van der Waals surface area (Å²) in [7, 11) is 0. The molecule has 2 atom stereocenters. The molecule has 1 aliphatic carbocycles. The standard InChI is InChI=1S/C23H32N2O3/c1-17-5-4-8-19(15-17)21-10-9-20(22(26)24-11-13-28-14-12-24)16-25(21)23(27)18-6-2-3-7-18/h4-5,8,15,18,20-21H,2-3,6-7,9-14,16H2,1H3/t20-,21+/m1/s1. The third-order valence-electron chi connectivity index (χ3n) is 6.67. The number of hydrogen-bond donors (Lipinski definition) is 0. The van der Waals surface area contributed by atoms with E-state index < -0.39 is 0 Å². The Morgan fingerprint density at radius 3 is 2.43 bits per heavy atom. The van der Waals surface area contributed by atoms with Crippen LogP contribution in [-0.2, 0) is 14.3 Å². The summed E-state index contributed by atoms with van der Waals surface area (Å²) in [5.74, 6) is 0.535. The van der Waals surface area contributed by atoms with E-state index in [0.29, 0.717) is 32.8 Å². The zero-order valence-electron chi connectivity index (χ0n) is 16.9. The van der Waals surface area contributed by atoms with E-state index in [2.05, 4.69) is 36.1 Å². The van der Waals surface area contributed by atoms with Gasteiger partial charge in [0.1, 0.15) is 0 Å². The van der Waals surface area contributed by atoms with Gasteiger partial charge in [-0.3, -0.25) is 9.59 Å². The van der Waals surface area contributed by atoms with E-state index in [0.717, 1.165) is 38.5 Å². The van der Waals surface area contributed by atoms with Gasteiger partial charge in [-0.2, -0.15) is 0 Å². The van der Waals surface area contributed by atoms with Crippen LogP contribution in [0, 0.1) is 18.8 Å². The molecule has 1 aromatic carbocycles. The normalized spacial score (nSPS) is 26.5. The van der Waals surface area contributed by atoms with Gasteiger partial charge in [0.25, 0.3) is 0 Å². The van der Waals surface area contributed by atoms with Crippen LogP contribution in [0.4, 0.5) is 0 Å². The molecule has 1 saturated carbocycles. The Hall–Kier alpha value is -1.88. The first kappa shape index (κ1) is 19.4. The van der Waals surface area contributed by atoms with Gasteiger partial charge in [0, 0.05) is 25.6 Å². The fourth-order valence-electron chi connectivity index (χ4n) is 5.09. The molecule has 152 valence electrons. The number of hydrogen-bond acceptors (Lipinski definition) is 3. The Bertz CT molecular complexity index is 708. The quantitative estimate of drug-likeness (QED) is 0.803. The van der Waals surface area contributed by atoms with E-state index >= 15 is 0 Å². The Kier molecular flexibility index (Phi) is 6.00. The zero-order chi connectivity index (χ0) is 19.5. The van der Waals surface area contributed by atoms with Gasteiger partial charge in [-0.1, -0.05) is 42.7 Å². The van der Waals surface area contributed by atoms with Crippen molar-refractivity contribution in [3.8, 4) is 0 Å². The van der Waals surface area contributed by atoms with Crippen LogP contribution in [0.15, 0.2) is 24.3 Å². The van der Waals surface area contributed by atoms with E-state index in [-0.39, 0.29) is 29.7 Å². The number of rotatable bonds is 3. The van der Waals surface area contributed by atoms with Gasteiger partial charge in [-0.25, -0.2) is 0 Å². The minimum atomic E-state index is -0.0792. The lowest BCUT2D eigenvalue weighted by Crippen LogP contribution is -2.51. The van der Waals surface area contributed by atoms with Crippen molar-refractivity contribution in [2.24, 2.45) is 11.8 Å². The van der Waals surface area contributed by atoms with Crippen molar-refractivity contribution >= 4 is 11.8 Å². The Morgan fingerprint density at radius 2 is 1.71 bits per heavy atom. The number of carbonyl (C=O) groups excluding carboxylic acids is 2. The van der Waals surface area contributed by atoms with Crippen molar-refractivity contribution < 1.29 is 14.3 Å². The lowest BCUT2D eigenvalue weighted by Gasteiger charge is -2.42. The molecule has 28 heavy (non-hydrogen) atoms. The highest BCUT2D eigenvalue weighted by Crippen LogP contribution is 2.38. The molecule has 3 fully saturated rings. The number of nitrogens with zero attached hydrogens (tertiary/aromatic N) is 2. The lowest BCUT2D eigenvalue weighted by atomic mass is 9.86. The minimum Gasteiger partial charge on any atom is -0.378 e. The van der Waals surface area contributed by atoms with Gasteiger partial charge in [-0.15, -0.1) is 0 Å². The summed E-state index contributed by atoms with van der Waals surface area (Å²) >= 11 is 0. The van der Waals surface area contributed by atoms with E-state index in [1.165, 1.54) is 11.1 Å². The second-order valence-corrected chi connectivity index (χ2v) is 8.61. The Morgan fingerprint density at radius 1 is 0.964 bits per heavy atom. The van der Waals surface area contributed by atoms with Crippen LogP contribution in [-0.4, -0.2) is 54.5 Å². The third-order valence-corrected chi connectivity index (χ3v) is 6.67. The van der Waals surface area contributed by atoms with Crippen molar-refractivity contribution in [1.82, 2.24) is 9.80 Å². The first-order valence-electron chi connectivity index (χ1n) is 10.9. The maximum Gasteiger partial charge on any atom is 0.227 e. The van der Waals surface area contributed by atoms with Crippen LogP contribution in [0.2, 0.25) is 0 Å². The molecule has 4 rings (SSSR count). The van der Waals surface area contributed by atoms with Gasteiger partial charge in [0.05, 0.1) is 25.2 Å². The molecule has 3 aliphatic rings. The molecular weight excluding hydrogens is 352 g/mol. The number of aryl methyl sites for hydroxylation is 1. The average Bonchev–Trinajstić information content (AvgIpc) is 3.28. The molecule has 5 heteroatoms. The molecule has 0 spiro atoms. The van der Waals surface area contributed by atoms with Crippen LogP contribution in [0.25, 0.3) is 0 Å². The maximum atomic E-state index is 13.4. The van der Waals surface area contributed by atoms with Crippen molar-refractivity contribution in [3.63, 3.8) is 0 Å². The number of likely N-dealkylation sites (tertiary alicyclic amines) is 1. The van der Waals surface area contributed by atoms with Crippen LogP contribution in [0.3, 0.4) is 0 Å². The Balaban J connectivity index is 1.54. The predicted octanol–water partition coefficient (Wildman–Crippen LogP) is 3.32. The molecule has 1 aromatic rings. The maximum absolute atomic E-state index is 13.4. The Labute approximate surface area is 168 Å². The van der Waals surface area contributed by atoms with Gasteiger partial charge in [0.15, 0.2) is 0 Å². The van der Waals surface area contributed by atoms with Gasteiger partial charge < -0.3 is 14.5 Å². The van der Waals surface area contributed by atoms with Crippen molar-refractivity contribution in [2.45, 2.75) is 51.5 Å². The summed E-state index contributed by atoms with van der Waals surface area (Å²) < 4.78 is 5.39. The highest BCUT2D eigenvalue weighted by Gasteiger charge is 2.39. The van der Waals surface area contributed by atoms with E-state index in [4.69, 9.17) is 4.74 Å². The molecule has 0 radical (unpaired) electrons. The van der Waals surface area contributed by atoms with Crippen molar-refractivity contribution in [2.75, 3.05) is 32.8 Å². The molecule has 0 bridgehead atoms. The second kappa shape index (κ2) is 8.64. The SMILES string of the molecule is Cc1cccc([C@@H]2CC[C@@H](C(=O)N3CCOCC3)CN2C(=O)C2CCCC2)c1. The number of piperidine rings is 1. The minimum absolute atomic E-state index is 0.0792. The molecule has 5 nitrogen and oxygen atoms in total. The fraction of sp³-hybridized carbons (Fsp3) is 0.652. The molecule has 2 heterocycles. The lowest BCUT2D eigenvalue weighted by molar-refractivity contribution is -0.147. The highest BCUT2D eigenvalue weighted by atomic mass is 16.5. The molecule has 0 unspecified atom stereocenters. The molecule has 2 saturated heterocycles. The topological polar surface area (TPSA) is 49.9 Å². The largest absolute Gasteiger partial charge is 0.378 e. The summed E-state index contributed by atoms with van der Waals surface area (Å²) in [5, 5.41) is 0. The molecule has 0 aromatic heterocycles. The second-order valence-electron chi connectivity index (χ2n) is 8.61. The first-order chi connectivity index (χ1) is 13.6. The van der Waals surface area contributed by atoms with Crippen LogP contribution in [0.5, 0.6) is 0 Å². The van der Waals surface area contributed by atoms with E-state index in [1.54, 1.807) is 0 Å². The number of benzene rings is 1. The summed E-state index contributed by atoms with van der Waals surface area (Å²) in [6, 6.07) is 8.61. The summed E-state index contributed by atoms with van der Waals surface area (Å²) in [6.07, 6.45) is 6.01. The zero-order valence-corrected chi connectivity index (χ0v) is 16.9. The molecule has 2 aliphatic heterocycles. The summed E-state index contributed by atoms with van der Waals surface area (Å²) in [6.45, 7) is 5.25. The number of amides is 2. The summed E-state index contributed by atoms with van der Waals surface area (Å²) in [4.78, 5) is 30.4. The number of morpholine rings is 1. The molecule has 2 amide bonds.